The third-order valence-electron chi connectivity index (χ3n) is 4.37. The summed E-state index contributed by atoms with van der Waals surface area (Å²) in [4.78, 5) is 1.62. The fourth-order valence-corrected chi connectivity index (χ4v) is 6.01. The lowest BCUT2D eigenvalue weighted by Gasteiger charge is -2.40. The Bertz CT molecular complexity index is 492. The minimum absolute atomic E-state index is 0.682. The first-order valence-corrected chi connectivity index (χ1v) is 14.3. The molecule has 140 valence electrons. The van der Waals surface area contributed by atoms with E-state index in [0.29, 0.717) is 5.33 Å². The van der Waals surface area contributed by atoms with Gasteiger partial charge in [0.1, 0.15) is 5.33 Å². The van der Waals surface area contributed by atoms with Gasteiger partial charge in [-0.3, -0.25) is 5.43 Å². The van der Waals surface area contributed by atoms with Crippen molar-refractivity contribution in [3.63, 3.8) is 0 Å². The molecular weight excluding hydrogens is 366 g/mol. The maximum Gasteiger partial charge on any atom is 0.492 e. The second kappa shape index (κ2) is 8.20. The predicted molar refractivity (Wildman–Crippen MR) is 97.4 cm³/mol. The number of hydrazine groups is 1. The van der Waals surface area contributed by atoms with Gasteiger partial charge in [-0.05, 0) is 19.2 Å². The highest BCUT2D eigenvalue weighted by Gasteiger charge is 2.48. The lowest BCUT2D eigenvalue weighted by atomic mass is 10.6. The van der Waals surface area contributed by atoms with Gasteiger partial charge in [-0.15, -0.1) is 0 Å². The summed E-state index contributed by atoms with van der Waals surface area (Å²) in [6.07, 6.45) is 1.88. The molecule has 1 aliphatic rings. The minimum Gasteiger partial charge on any atom is -0.394 e. The van der Waals surface area contributed by atoms with Crippen LogP contribution in [0.1, 0.15) is 0 Å². The third-order valence-corrected chi connectivity index (χ3v) is 12.4. The number of hydrogen-bond donors (Lipinski definition) is 1. The van der Waals surface area contributed by atoms with Crippen LogP contribution in [0.25, 0.3) is 0 Å². The van der Waals surface area contributed by atoms with Gasteiger partial charge < -0.3 is 26.6 Å². The van der Waals surface area contributed by atoms with Crippen LogP contribution in [0.4, 0.5) is 0 Å². The maximum absolute atomic E-state index is 5.65. The minimum atomic E-state index is -2.77. The third kappa shape index (κ3) is 3.97. The molecule has 0 aliphatic carbocycles. The highest BCUT2D eigenvalue weighted by atomic mass is 28.4. The van der Waals surface area contributed by atoms with Gasteiger partial charge >= 0.3 is 25.8 Å². The quantitative estimate of drug-likeness (QED) is 0.572. The molecule has 1 N–H and O–H groups in total. The van der Waals surface area contributed by atoms with E-state index in [9.17, 15) is 0 Å². The fraction of sp³-hybridized carbons (Fsp3) is 0.750. The Morgan fingerprint density at radius 1 is 0.792 bits per heavy atom. The summed E-state index contributed by atoms with van der Waals surface area (Å²) < 4.78 is 33.8. The number of allylic oxidation sites excluding steroid dienone is 1. The van der Waals surface area contributed by atoms with Crippen LogP contribution in [0.5, 0.6) is 0 Å². The van der Waals surface area contributed by atoms with E-state index in [1.54, 1.807) is 47.4 Å². The van der Waals surface area contributed by atoms with Crippen molar-refractivity contribution in [2.75, 3.05) is 42.7 Å². The number of hydrazone groups is 1. The Morgan fingerprint density at radius 3 is 1.62 bits per heavy atom. The molecule has 0 bridgehead atoms. The van der Waals surface area contributed by atoms with Gasteiger partial charge in [0.25, 0.3) is 0 Å². The lowest BCUT2D eigenvalue weighted by Crippen LogP contribution is -2.64. The molecule has 0 amide bonds. The van der Waals surface area contributed by atoms with Gasteiger partial charge in [0, 0.05) is 49.2 Å². The maximum atomic E-state index is 5.65. The first-order valence-electron chi connectivity index (χ1n) is 7.37. The molecule has 0 unspecified atom stereocenters. The number of nitrogens with zero attached hydrogens (tertiary/aromatic N) is 2. The molecule has 0 aromatic carbocycles. The van der Waals surface area contributed by atoms with Crippen LogP contribution in [-0.4, -0.2) is 78.6 Å². The summed E-state index contributed by atoms with van der Waals surface area (Å²) in [6, 6.07) is 0. The molecule has 1 rings (SSSR count). The van der Waals surface area contributed by atoms with Crippen molar-refractivity contribution in [1.82, 2.24) is 10.2 Å². The van der Waals surface area contributed by atoms with Gasteiger partial charge in [0.2, 0.25) is 0 Å². The Hall–Kier alpha value is -0.579. The van der Waals surface area contributed by atoms with Crippen LogP contribution in [0.3, 0.4) is 0 Å². The Labute approximate surface area is 147 Å². The molecule has 0 saturated carbocycles. The van der Waals surface area contributed by atoms with Crippen LogP contribution in [0, 0.1) is 0 Å². The van der Waals surface area contributed by atoms with Crippen molar-refractivity contribution in [3.05, 3.63) is 11.4 Å². The number of rotatable bonds is 9. The zero-order valence-corrected chi connectivity index (χ0v) is 18.9. The summed E-state index contributed by atoms with van der Waals surface area (Å²) in [5, 5.41) is 6.10. The SMILES string of the molecule is CO[Si](C)(OC)C1=CC([Si](C)(OC)OC)=NN([Si](C)(OC)OC)N1. The summed E-state index contributed by atoms with van der Waals surface area (Å²) >= 11 is 0. The van der Waals surface area contributed by atoms with Gasteiger partial charge in [0.05, 0.1) is 5.32 Å². The summed E-state index contributed by atoms with van der Waals surface area (Å²) in [5.41, 5.74) is 3.23. The molecule has 1 aliphatic heterocycles. The van der Waals surface area contributed by atoms with E-state index < -0.39 is 25.8 Å². The topological polar surface area (TPSA) is 83.0 Å². The van der Waals surface area contributed by atoms with Crippen LogP contribution >= 0.6 is 0 Å². The highest BCUT2D eigenvalue weighted by Crippen LogP contribution is 2.24. The summed E-state index contributed by atoms with van der Waals surface area (Å²) in [6.45, 7) is 5.73. The van der Waals surface area contributed by atoms with Crippen molar-refractivity contribution in [1.29, 1.82) is 0 Å². The van der Waals surface area contributed by atoms with E-state index in [4.69, 9.17) is 26.6 Å². The van der Waals surface area contributed by atoms with Crippen molar-refractivity contribution in [3.8, 4) is 0 Å². The van der Waals surface area contributed by atoms with Gasteiger partial charge in [-0.2, -0.15) is 9.88 Å². The van der Waals surface area contributed by atoms with E-state index in [-0.39, 0.29) is 0 Å². The zero-order chi connectivity index (χ0) is 18.6. The van der Waals surface area contributed by atoms with Gasteiger partial charge in [-0.1, -0.05) is 0 Å². The second-order valence-electron chi connectivity index (χ2n) is 5.48. The van der Waals surface area contributed by atoms with E-state index in [0.717, 1.165) is 5.32 Å². The van der Waals surface area contributed by atoms with E-state index in [2.05, 4.69) is 10.5 Å². The Kier molecular flexibility index (Phi) is 7.33. The molecule has 0 atom stereocenters. The normalized spacial score (nSPS) is 16.6. The second-order valence-corrected chi connectivity index (χ2v) is 15.0. The molecule has 24 heavy (non-hydrogen) atoms. The van der Waals surface area contributed by atoms with Crippen molar-refractivity contribution in [2.45, 2.75) is 19.6 Å². The standard InChI is InChI=1S/C12H29N3O6Si3/c1-16-22(7,17-2)11-10-12(23(8,18-3)19-4)14-15(13-11)24(9,20-5)21-6/h10,13H,1-9H3. The molecule has 0 spiro atoms. The molecule has 9 nitrogen and oxygen atoms in total. The molecule has 0 saturated heterocycles. The van der Waals surface area contributed by atoms with E-state index in [1.807, 2.05) is 25.7 Å². The molecule has 0 aromatic heterocycles. The summed E-state index contributed by atoms with van der Waals surface area (Å²) in [7, 11) is 1.59. The number of nitrogens with one attached hydrogen (secondary N) is 1. The lowest BCUT2D eigenvalue weighted by molar-refractivity contribution is 0.146. The number of hydrogen-bond acceptors (Lipinski definition) is 9. The van der Waals surface area contributed by atoms with E-state index >= 15 is 0 Å². The zero-order valence-electron chi connectivity index (χ0n) is 15.9. The first-order chi connectivity index (χ1) is 11.2. The van der Waals surface area contributed by atoms with E-state index in [1.165, 1.54) is 0 Å². The fourth-order valence-electron chi connectivity index (χ4n) is 1.94. The van der Waals surface area contributed by atoms with Crippen LogP contribution in [0.2, 0.25) is 19.6 Å². The first kappa shape index (κ1) is 21.5. The van der Waals surface area contributed by atoms with Gasteiger partial charge in [0.15, 0.2) is 0 Å². The highest BCUT2D eigenvalue weighted by molar-refractivity contribution is 6.99. The monoisotopic (exact) mass is 395 g/mol. The molecule has 0 fully saturated rings. The largest absolute Gasteiger partial charge is 0.492 e. The molecular formula is C12H29N3O6Si3. The van der Waals surface area contributed by atoms with Crippen LogP contribution < -0.4 is 5.43 Å². The predicted octanol–water partition coefficient (Wildman–Crippen LogP) is 0.716. The van der Waals surface area contributed by atoms with Crippen LogP contribution in [0.15, 0.2) is 16.5 Å². The molecule has 12 heteroatoms. The average molecular weight is 396 g/mol. The summed E-state index contributed by atoms with van der Waals surface area (Å²) in [5.74, 6) is 0. The van der Waals surface area contributed by atoms with Crippen molar-refractivity contribution >= 4 is 31.2 Å². The Balaban J connectivity index is 3.44. The Morgan fingerprint density at radius 2 is 1.25 bits per heavy atom. The van der Waals surface area contributed by atoms with Crippen molar-refractivity contribution < 1.29 is 26.6 Å². The smallest absolute Gasteiger partial charge is 0.394 e. The molecule has 1 heterocycles. The average Bonchev–Trinajstić information content (AvgIpc) is 2.65. The van der Waals surface area contributed by atoms with Gasteiger partial charge in [-0.25, -0.2) is 0 Å². The molecule has 0 aromatic rings. The van der Waals surface area contributed by atoms with Crippen LogP contribution in [-0.2, 0) is 26.6 Å². The molecule has 0 radical (unpaired) electrons. The van der Waals surface area contributed by atoms with Crippen molar-refractivity contribution in [2.24, 2.45) is 5.10 Å².